The van der Waals surface area contributed by atoms with Crippen LogP contribution < -0.4 is 10.6 Å². The highest BCUT2D eigenvalue weighted by Gasteiger charge is 2.35. The molecule has 2 aromatic rings. The van der Waals surface area contributed by atoms with Crippen molar-refractivity contribution in [3.63, 3.8) is 0 Å². The summed E-state index contributed by atoms with van der Waals surface area (Å²) in [6, 6.07) is 7.08. The van der Waals surface area contributed by atoms with Crippen molar-refractivity contribution in [1.29, 1.82) is 0 Å². The predicted molar refractivity (Wildman–Crippen MR) is 104 cm³/mol. The quantitative estimate of drug-likeness (QED) is 0.570. The number of non-ortho nitro benzene ring substituents is 1. The van der Waals surface area contributed by atoms with Crippen molar-refractivity contribution in [3.8, 4) is 0 Å². The van der Waals surface area contributed by atoms with Gasteiger partial charge in [-0.25, -0.2) is 13.6 Å². The van der Waals surface area contributed by atoms with Crippen molar-refractivity contribution in [1.82, 2.24) is 10.2 Å². The van der Waals surface area contributed by atoms with E-state index in [2.05, 4.69) is 10.6 Å². The molecule has 1 aliphatic rings. The second-order valence-corrected chi connectivity index (χ2v) is 6.56. The van der Waals surface area contributed by atoms with Gasteiger partial charge in [-0.15, -0.1) is 0 Å². The van der Waals surface area contributed by atoms with E-state index in [0.29, 0.717) is 17.8 Å². The molecule has 0 unspecified atom stereocenters. The molecular weight excluding hydrogens is 398 g/mol. The molecule has 10 heteroatoms. The summed E-state index contributed by atoms with van der Waals surface area (Å²) in [5.41, 5.74) is 0.922. The molecule has 0 radical (unpaired) electrons. The molecule has 156 valence electrons. The average Bonchev–Trinajstić information content (AvgIpc) is 2.70. The SMILES string of the molecule is CCN1C(=O)N[C@H](c2ccc([N+](=O)[O-])cc2)C(C(=O)Nc2ccc(F)c(F)c2)=C1C. The van der Waals surface area contributed by atoms with E-state index in [9.17, 15) is 28.5 Å². The molecule has 0 fully saturated rings. The first kappa shape index (κ1) is 20.9. The van der Waals surface area contributed by atoms with Gasteiger partial charge in [-0.1, -0.05) is 0 Å². The number of hydrogen-bond donors (Lipinski definition) is 2. The van der Waals surface area contributed by atoms with Gasteiger partial charge in [0.05, 0.1) is 16.5 Å². The monoisotopic (exact) mass is 416 g/mol. The van der Waals surface area contributed by atoms with E-state index in [-0.39, 0.29) is 16.9 Å². The van der Waals surface area contributed by atoms with E-state index in [0.717, 1.165) is 12.1 Å². The molecular formula is C20H18F2N4O4. The molecule has 3 amide bonds. The number of nitrogens with zero attached hydrogens (tertiary/aromatic N) is 2. The third kappa shape index (κ3) is 3.97. The number of nitro benzene ring substituents is 1. The van der Waals surface area contributed by atoms with Crippen molar-refractivity contribution in [2.75, 3.05) is 11.9 Å². The van der Waals surface area contributed by atoms with Crippen LogP contribution in [0.15, 0.2) is 53.7 Å². The van der Waals surface area contributed by atoms with Crippen molar-refractivity contribution >= 4 is 23.3 Å². The van der Waals surface area contributed by atoms with Crippen LogP contribution in [0.5, 0.6) is 0 Å². The number of rotatable bonds is 5. The second-order valence-electron chi connectivity index (χ2n) is 6.56. The summed E-state index contributed by atoms with van der Waals surface area (Å²) >= 11 is 0. The Bertz CT molecular complexity index is 1050. The minimum Gasteiger partial charge on any atom is -0.326 e. The molecule has 0 aliphatic carbocycles. The maximum atomic E-state index is 13.5. The van der Waals surface area contributed by atoms with Crippen LogP contribution in [0.2, 0.25) is 0 Å². The molecule has 0 saturated carbocycles. The first-order valence-corrected chi connectivity index (χ1v) is 9.02. The summed E-state index contributed by atoms with van der Waals surface area (Å²) in [6.45, 7) is 3.63. The maximum Gasteiger partial charge on any atom is 0.322 e. The standard InChI is InChI=1S/C20H18F2N4O4/c1-3-25-11(2)17(19(27)23-13-6-9-15(21)16(22)10-13)18(24-20(25)28)12-4-7-14(8-5-12)26(29)30/h4-10,18H,3H2,1-2H3,(H,23,27)(H,24,28)/t18-/m1/s1. The lowest BCUT2D eigenvalue weighted by molar-refractivity contribution is -0.384. The summed E-state index contributed by atoms with van der Waals surface area (Å²) < 4.78 is 26.7. The molecule has 1 aliphatic heterocycles. The molecule has 0 aromatic heterocycles. The number of hydrogen-bond acceptors (Lipinski definition) is 4. The third-order valence-electron chi connectivity index (χ3n) is 4.77. The van der Waals surface area contributed by atoms with E-state index < -0.39 is 34.5 Å². The van der Waals surface area contributed by atoms with Gasteiger partial charge in [0.15, 0.2) is 11.6 Å². The molecule has 30 heavy (non-hydrogen) atoms. The van der Waals surface area contributed by atoms with E-state index in [1.807, 2.05) is 0 Å². The number of amides is 3. The Morgan fingerprint density at radius 1 is 1.20 bits per heavy atom. The van der Waals surface area contributed by atoms with Gasteiger partial charge in [0.2, 0.25) is 0 Å². The number of halogens is 2. The molecule has 3 rings (SSSR count). The number of carbonyl (C=O) groups excluding carboxylic acids is 2. The van der Waals surface area contributed by atoms with Crippen LogP contribution in [-0.2, 0) is 4.79 Å². The number of nitrogens with one attached hydrogen (secondary N) is 2. The van der Waals surface area contributed by atoms with Crippen LogP contribution in [0.4, 0.5) is 25.0 Å². The predicted octanol–water partition coefficient (Wildman–Crippen LogP) is 3.87. The highest BCUT2D eigenvalue weighted by Crippen LogP contribution is 2.32. The third-order valence-corrected chi connectivity index (χ3v) is 4.77. The number of allylic oxidation sites excluding steroid dienone is 1. The highest BCUT2D eigenvalue weighted by molar-refractivity contribution is 6.06. The van der Waals surface area contributed by atoms with Crippen molar-refractivity contribution in [2.45, 2.75) is 19.9 Å². The van der Waals surface area contributed by atoms with Crippen LogP contribution in [-0.4, -0.2) is 28.3 Å². The van der Waals surface area contributed by atoms with Gasteiger partial charge >= 0.3 is 6.03 Å². The maximum absolute atomic E-state index is 13.5. The number of urea groups is 1. The second kappa shape index (κ2) is 8.27. The van der Waals surface area contributed by atoms with Crippen LogP contribution in [0.1, 0.15) is 25.5 Å². The van der Waals surface area contributed by atoms with Gasteiger partial charge in [0.1, 0.15) is 0 Å². The van der Waals surface area contributed by atoms with Gasteiger partial charge < -0.3 is 10.6 Å². The van der Waals surface area contributed by atoms with Crippen LogP contribution in [0, 0.1) is 21.7 Å². The van der Waals surface area contributed by atoms with Crippen molar-refractivity contribution in [2.24, 2.45) is 0 Å². The van der Waals surface area contributed by atoms with Gasteiger partial charge in [0, 0.05) is 36.1 Å². The topological polar surface area (TPSA) is 105 Å². The average molecular weight is 416 g/mol. The number of carbonyl (C=O) groups is 2. The van der Waals surface area contributed by atoms with Gasteiger partial charge in [-0.2, -0.15) is 0 Å². The van der Waals surface area contributed by atoms with E-state index in [1.165, 1.54) is 35.2 Å². The first-order chi connectivity index (χ1) is 14.2. The highest BCUT2D eigenvalue weighted by atomic mass is 19.2. The van der Waals surface area contributed by atoms with E-state index in [4.69, 9.17) is 0 Å². The molecule has 8 nitrogen and oxygen atoms in total. The first-order valence-electron chi connectivity index (χ1n) is 9.02. The van der Waals surface area contributed by atoms with Crippen LogP contribution in [0.3, 0.4) is 0 Å². The van der Waals surface area contributed by atoms with E-state index in [1.54, 1.807) is 13.8 Å². The molecule has 2 N–H and O–H groups in total. The molecule has 0 spiro atoms. The van der Waals surface area contributed by atoms with Crippen molar-refractivity contribution < 1.29 is 23.3 Å². The van der Waals surface area contributed by atoms with Crippen LogP contribution in [0.25, 0.3) is 0 Å². The largest absolute Gasteiger partial charge is 0.326 e. The Balaban J connectivity index is 2.01. The Labute approximate surface area is 170 Å². The minimum absolute atomic E-state index is 0.0431. The minimum atomic E-state index is -1.11. The summed E-state index contributed by atoms with van der Waals surface area (Å²) in [5.74, 6) is -2.79. The lowest BCUT2D eigenvalue weighted by Gasteiger charge is -2.35. The Morgan fingerprint density at radius 2 is 1.87 bits per heavy atom. The van der Waals surface area contributed by atoms with Gasteiger partial charge in [0.25, 0.3) is 11.6 Å². The summed E-state index contributed by atoms with van der Waals surface area (Å²) in [6.07, 6.45) is 0. The molecule has 0 bridgehead atoms. The zero-order valence-corrected chi connectivity index (χ0v) is 16.1. The van der Waals surface area contributed by atoms with Crippen molar-refractivity contribution in [3.05, 3.63) is 81.0 Å². The number of benzene rings is 2. The summed E-state index contributed by atoms with van der Waals surface area (Å²) in [4.78, 5) is 37.2. The fourth-order valence-corrected chi connectivity index (χ4v) is 3.27. The lowest BCUT2D eigenvalue weighted by atomic mass is 9.94. The molecule has 1 atom stereocenters. The fraction of sp³-hybridized carbons (Fsp3) is 0.200. The Morgan fingerprint density at radius 3 is 2.43 bits per heavy atom. The molecule has 2 aromatic carbocycles. The molecule has 0 saturated heterocycles. The zero-order chi connectivity index (χ0) is 22.0. The molecule has 1 heterocycles. The zero-order valence-electron chi connectivity index (χ0n) is 16.1. The smallest absolute Gasteiger partial charge is 0.322 e. The summed E-state index contributed by atoms with van der Waals surface area (Å²) in [7, 11) is 0. The number of anilines is 1. The van der Waals surface area contributed by atoms with Gasteiger partial charge in [-0.3, -0.25) is 19.8 Å². The Hall–Kier alpha value is -3.82. The lowest BCUT2D eigenvalue weighted by Crippen LogP contribution is -2.48. The fourth-order valence-electron chi connectivity index (χ4n) is 3.27. The normalized spacial score (nSPS) is 16.3. The Kier molecular flexibility index (Phi) is 5.77. The number of nitro groups is 1. The van der Waals surface area contributed by atoms with Crippen LogP contribution >= 0.6 is 0 Å². The summed E-state index contributed by atoms with van der Waals surface area (Å²) in [5, 5.41) is 16.1. The van der Waals surface area contributed by atoms with Gasteiger partial charge in [-0.05, 0) is 43.7 Å². The van der Waals surface area contributed by atoms with E-state index >= 15 is 0 Å².